The van der Waals surface area contributed by atoms with E-state index in [1.807, 2.05) is 0 Å². The van der Waals surface area contributed by atoms with Crippen LogP contribution < -0.4 is 5.73 Å². The van der Waals surface area contributed by atoms with Crippen LogP contribution in [0.4, 0.5) is 18.9 Å². The molecule has 0 amide bonds. The molecule has 2 rings (SSSR count). The maximum absolute atomic E-state index is 13.4. The number of nitrogens with two attached hydrogens (primary N) is 1. The van der Waals surface area contributed by atoms with Crippen molar-refractivity contribution in [1.29, 1.82) is 0 Å². The molecule has 2 aromatic rings. The fourth-order valence-electron chi connectivity index (χ4n) is 1.72. The first-order chi connectivity index (χ1) is 8.75. The Morgan fingerprint density at radius 1 is 1.16 bits per heavy atom. The first kappa shape index (κ1) is 13.3. The second kappa shape index (κ2) is 4.22. The molecule has 1 aromatic carbocycles. The highest BCUT2D eigenvalue weighted by atomic mass is 19.4. The van der Waals surface area contributed by atoms with Gasteiger partial charge in [-0.25, -0.2) is 0 Å². The van der Waals surface area contributed by atoms with Gasteiger partial charge in [-0.15, -0.1) is 10.2 Å². The molecule has 0 saturated carbocycles. The molecule has 0 aliphatic rings. The standard InChI is InChI=1S/C11H12F3N5/c1-10(11(12,13)14,9-16-18-19(2)17-9)7-3-5-8(15)6-4-7/h3-6H,15H2,1-2H3. The second-order valence-corrected chi connectivity index (χ2v) is 4.35. The van der Waals surface area contributed by atoms with Gasteiger partial charge in [-0.2, -0.15) is 18.0 Å². The third-order valence-corrected chi connectivity index (χ3v) is 3.01. The summed E-state index contributed by atoms with van der Waals surface area (Å²) in [6, 6.07) is 5.46. The molecule has 0 aliphatic heterocycles. The third kappa shape index (κ3) is 2.13. The van der Waals surface area contributed by atoms with Crippen LogP contribution >= 0.6 is 0 Å². The molecule has 102 valence electrons. The quantitative estimate of drug-likeness (QED) is 0.843. The summed E-state index contributed by atoms with van der Waals surface area (Å²) in [5.41, 5.74) is 3.57. The zero-order valence-corrected chi connectivity index (χ0v) is 10.3. The Hall–Kier alpha value is -2.12. The van der Waals surface area contributed by atoms with E-state index in [0.29, 0.717) is 5.69 Å². The van der Waals surface area contributed by atoms with E-state index in [4.69, 9.17) is 5.73 Å². The number of rotatable bonds is 2. The van der Waals surface area contributed by atoms with Gasteiger partial charge in [0.1, 0.15) is 0 Å². The molecule has 0 radical (unpaired) electrons. The van der Waals surface area contributed by atoms with Gasteiger partial charge in [0.05, 0.1) is 7.05 Å². The Bertz CT molecular complexity index is 575. The van der Waals surface area contributed by atoms with Gasteiger partial charge in [-0.1, -0.05) is 12.1 Å². The molecular weight excluding hydrogens is 259 g/mol. The number of aryl methyl sites for hydroxylation is 1. The Balaban J connectivity index is 2.62. The number of hydrogen-bond acceptors (Lipinski definition) is 4. The summed E-state index contributed by atoms with van der Waals surface area (Å²) in [7, 11) is 1.41. The molecule has 2 N–H and O–H groups in total. The van der Waals surface area contributed by atoms with Crippen LogP contribution in [0.2, 0.25) is 0 Å². The van der Waals surface area contributed by atoms with Crippen molar-refractivity contribution < 1.29 is 13.2 Å². The second-order valence-electron chi connectivity index (χ2n) is 4.35. The highest BCUT2D eigenvalue weighted by molar-refractivity contribution is 5.44. The van der Waals surface area contributed by atoms with Crippen LogP contribution in [0, 0.1) is 0 Å². The predicted octanol–water partition coefficient (Wildman–Crippen LogP) is 1.66. The number of tetrazole rings is 1. The van der Waals surface area contributed by atoms with Crippen molar-refractivity contribution in [3.63, 3.8) is 0 Å². The van der Waals surface area contributed by atoms with Gasteiger partial charge in [0, 0.05) is 5.69 Å². The molecule has 19 heavy (non-hydrogen) atoms. The van der Waals surface area contributed by atoms with Crippen molar-refractivity contribution in [1.82, 2.24) is 20.2 Å². The summed E-state index contributed by atoms with van der Waals surface area (Å²) < 4.78 is 40.3. The zero-order chi connectivity index (χ0) is 14.3. The van der Waals surface area contributed by atoms with Gasteiger partial charge >= 0.3 is 6.18 Å². The molecular formula is C11H12F3N5. The lowest BCUT2D eigenvalue weighted by Crippen LogP contribution is -2.41. The number of nitrogen functional groups attached to an aromatic ring is 1. The predicted molar refractivity (Wildman–Crippen MR) is 62.2 cm³/mol. The minimum absolute atomic E-state index is 0.0159. The minimum atomic E-state index is -4.55. The van der Waals surface area contributed by atoms with E-state index in [-0.39, 0.29) is 5.56 Å². The molecule has 1 aromatic heterocycles. The van der Waals surface area contributed by atoms with Crippen molar-refractivity contribution in [2.45, 2.75) is 18.5 Å². The van der Waals surface area contributed by atoms with Crippen molar-refractivity contribution in [2.24, 2.45) is 7.05 Å². The van der Waals surface area contributed by atoms with Crippen molar-refractivity contribution in [3.8, 4) is 0 Å². The first-order valence-electron chi connectivity index (χ1n) is 5.42. The smallest absolute Gasteiger partial charge is 0.399 e. The molecule has 0 saturated heterocycles. The van der Waals surface area contributed by atoms with Crippen LogP contribution in [0.3, 0.4) is 0 Å². The van der Waals surface area contributed by atoms with E-state index >= 15 is 0 Å². The Morgan fingerprint density at radius 2 is 1.74 bits per heavy atom. The number of hydrogen-bond donors (Lipinski definition) is 1. The van der Waals surface area contributed by atoms with E-state index in [0.717, 1.165) is 11.7 Å². The average Bonchev–Trinajstić information content (AvgIpc) is 2.74. The van der Waals surface area contributed by atoms with Crippen LogP contribution in [0.15, 0.2) is 24.3 Å². The lowest BCUT2D eigenvalue weighted by Gasteiger charge is -2.29. The minimum Gasteiger partial charge on any atom is -0.399 e. The highest BCUT2D eigenvalue weighted by Gasteiger charge is 2.56. The summed E-state index contributed by atoms with van der Waals surface area (Å²) in [4.78, 5) is 0.997. The summed E-state index contributed by atoms with van der Waals surface area (Å²) in [5.74, 6) is -0.396. The number of halogens is 3. The lowest BCUT2D eigenvalue weighted by atomic mass is 9.81. The monoisotopic (exact) mass is 271 g/mol. The normalized spacial score (nSPS) is 15.2. The lowest BCUT2D eigenvalue weighted by molar-refractivity contribution is -0.175. The van der Waals surface area contributed by atoms with Crippen molar-refractivity contribution in [3.05, 3.63) is 35.7 Å². The average molecular weight is 271 g/mol. The van der Waals surface area contributed by atoms with Gasteiger partial charge < -0.3 is 5.73 Å². The van der Waals surface area contributed by atoms with E-state index in [1.165, 1.54) is 31.3 Å². The summed E-state index contributed by atoms with van der Waals surface area (Å²) in [6.07, 6.45) is -4.55. The fourth-order valence-corrected chi connectivity index (χ4v) is 1.72. The van der Waals surface area contributed by atoms with E-state index in [1.54, 1.807) is 0 Å². The number of anilines is 1. The molecule has 1 heterocycles. The zero-order valence-electron chi connectivity index (χ0n) is 10.3. The fraction of sp³-hybridized carbons (Fsp3) is 0.364. The van der Waals surface area contributed by atoms with E-state index in [2.05, 4.69) is 15.4 Å². The van der Waals surface area contributed by atoms with Gasteiger partial charge in [0.2, 0.25) is 0 Å². The Kier molecular flexibility index (Phi) is 2.95. The molecule has 1 atom stereocenters. The molecule has 8 heteroatoms. The topological polar surface area (TPSA) is 69.6 Å². The maximum atomic E-state index is 13.4. The van der Waals surface area contributed by atoms with E-state index in [9.17, 15) is 13.2 Å². The summed E-state index contributed by atoms with van der Waals surface area (Å²) in [6.45, 7) is 1.02. The van der Waals surface area contributed by atoms with Gasteiger partial charge in [0.15, 0.2) is 11.2 Å². The summed E-state index contributed by atoms with van der Waals surface area (Å²) >= 11 is 0. The Labute approximate surface area is 107 Å². The molecule has 0 fully saturated rings. The van der Waals surface area contributed by atoms with Crippen LogP contribution in [-0.2, 0) is 12.5 Å². The van der Waals surface area contributed by atoms with Crippen LogP contribution in [0.5, 0.6) is 0 Å². The molecule has 0 bridgehead atoms. The molecule has 1 unspecified atom stereocenters. The molecule has 5 nitrogen and oxygen atoms in total. The summed E-state index contributed by atoms with van der Waals surface area (Å²) in [5, 5.41) is 10.7. The highest BCUT2D eigenvalue weighted by Crippen LogP contribution is 2.44. The molecule has 0 spiro atoms. The SMILES string of the molecule is Cn1nnc(C(C)(c2ccc(N)cc2)C(F)(F)F)n1. The maximum Gasteiger partial charge on any atom is 0.405 e. The van der Waals surface area contributed by atoms with Gasteiger partial charge in [0.25, 0.3) is 0 Å². The van der Waals surface area contributed by atoms with Crippen LogP contribution in [0.25, 0.3) is 0 Å². The number of nitrogens with zero attached hydrogens (tertiary/aromatic N) is 4. The van der Waals surface area contributed by atoms with Gasteiger partial charge in [-0.05, 0) is 29.8 Å². The Morgan fingerprint density at radius 3 is 2.16 bits per heavy atom. The van der Waals surface area contributed by atoms with Crippen molar-refractivity contribution >= 4 is 5.69 Å². The van der Waals surface area contributed by atoms with Crippen molar-refractivity contribution in [2.75, 3.05) is 5.73 Å². The van der Waals surface area contributed by atoms with Crippen LogP contribution in [0.1, 0.15) is 18.3 Å². The van der Waals surface area contributed by atoms with Crippen LogP contribution in [-0.4, -0.2) is 26.4 Å². The van der Waals surface area contributed by atoms with E-state index < -0.39 is 17.4 Å². The number of alkyl halides is 3. The third-order valence-electron chi connectivity index (χ3n) is 3.01. The number of benzene rings is 1. The number of aromatic nitrogens is 4. The molecule has 0 aliphatic carbocycles. The largest absolute Gasteiger partial charge is 0.405 e. The van der Waals surface area contributed by atoms with Gasteiger partial charge in [-0.3, -0.25) is 0 Å². The first-order valence-corrected chi connectivity index (χ1v) is 5.42.